The van der Waals surface area contributed by atoms with Gasteiger partial charge in [-0.2, -0.15) is 0 Å². The Morgan fingerprint density at radius 1 is 1.52 bits per heavy atom. The van der Waals surface area contributed by atoms with Crippen molar-refractivity contribution in [3.05, 3.63) is 53.1 Å². The summed E-state index contributed by atoms with van der Waals surface area (Å²) in [5.74, 6) is 6.38. The van der Waals surface area contributed by atoms with Gasteiger partial charge < -0.3 is 16.0 Å². The number of nitrogens with two attached hydrogens (primary N) is 1. The summed E-state index contributed by atoms with van der Waals surface area (Å²) >= 11 is 0. The number of hydrogen-bond acceptors (Lipinski definition) is 3. The fraction of sp³-hybridized carbons (Fsp3) is 0.250. The molecule has 0 aliphatic rings. The minimum absolute atomic E-state index is 0.139. The molecule has 4 N–H and O–H groups in total. The highest BCUT2D eigenvalue weighted by atomic mass is 16.1. The van der Waals surface area contributed by atoms with Gasteiger partial charge in [-0.15, -0.1) is 0 Å². The van der Waals surface area contributed by atoms with Crippen LogP contribution in [-0.4, -0.2) is 22.4 Å². The molecule has 0 saturated heterocycles. The summed E-state index contributed by atoms with van der Waals surface area (Å²) in [4.78, 5) is 19.3. The molecule has 21 heavy (non-hydrogen) atoms. The lowest BCUT2D eigenvalue weighted by Gasteiger charge is -2.12. The SMILES string of the molecule is Cc1cc(C(=O)NC(C)c2ncc[nH]2)ccc1C#CCN. The van der Waals surface area contributed by atoms with E-state index in [1.807, 2.05) is 26.0 Å². The number of aryl methyl sites for hydroxylation is 1. The molecule has 2 rings (SSSR count). The lowest BCUT2D eigenvalue weighted by molar-refractivity contribution is 0.0938. The smallest absolute Gasteiger partial charge is 0.251 e. The number of imidazole rings is 1. The van der Waals surface area contributed by atoms with E-state index in [0.717, 1.165) is 17.0 Å². The van der Waals surface area contributed by atoms with Gasteiger partial charge in [-0.05, 0) is 37.6 Å². The highest BCUT2D eigenvalue weighted by Gasteiger charge is 2.13. The Kier molecular flexibility index (Phi) is 4.75. The number of hydrogen-bond donors (Lipinski definition) is 3. The third-order valence-corrected chi connectivity index (χ3v) is 3.09. The Balaban J connectivity index is 2.11. The first kappa shape index (κ1) is 14.8. The maximum absolute atomic E-state index is 12.2. The van der Waals surface area contributed by atoms with Gasteiger partial charge in [0, 0.05) is 23.5 Å². The van der Waals surface area contributed by atoms with Crippen molar-refractivity contribution in [3.8, 4) is 11.8 Å². The lowest BCUT2D eigenvalue weighted by Crippen LogP contribution is -2.27. The van der Waals surface area contributed by atoms with Crippen LogP contribution in [0, 0.1) is 18.8 Å². The van der Waals surface area contributed by atoms with Crippen LogP contribution in [0.25, 0.3) is 0 Å². The first-order chi connectivity index (χ1) is 10.1. The predicted molar refractivity (Wildman–Crippen MR) is 81.6 cm³/mol. The van der Waals surface area contributed by atoms with Crippen LogP contribution in [0.15, 0.2) is 30.6 Å². The summed E-state index contributed by atoms with van der Waals surface area (Å²) in [6, 6.07) is 5.25. The van der Waals surface area contributed by atoms with Crippen LogP contribution in [0.5, 0.6) is 0 Å². The Hall–Kier alpha value is -2.58. The van der Waals surface area contributed by atoms with Gasteiger partial charge in [-0.3, -0.25) is 4.79 Å². The fourth-order valence-corrected chi connectivity index (χ4v) is 1.95. The highest BCUT2D eigenvalue weighted by molar-refractivity contribution is 5.94. The zero-order chi connectivity index (χ0) is 15.2. The van der Waals surface area contributed by atoms with Gasteiger partial charge in [0.2, 0.25) is 0 Å². The second-order valence-electron chi connectivity index (χ2n) is 4.71. The molecule has 0 aliphatic heterocycles. The molecule has 1 heterocycles. The van der Waals surface area contributed by atoms with Crippen LogP contribution >= 0.6 is 0 Å². The van der Waals surface area contributed by atoms with Crippen molar-refractivity contribution in [2.24, 2.45) is 5.73 Å². The normalized spacial score (nSPS) is 11.4. The molecule has 1 aromatic heterocycles. The second kappa shape index (κ2) is 6.73. The molecule has 1 unspecified atom stereocenters. The number of aromatic nitrogens is 2. The van der Waals surface area contributed by atoms with Crippen LogP contribution < -0.4 is 11.1 Å². The number of nitrogens with one attached hydrogen (secondary N) is 2. The summed E-state index contributed by atoms with van der Waals surface area (Å²) in [5.41, 5.74) is 7.80. The van der Waals surface area contributed by atoms with Gasteiger partial charge in [0.25, 0.3) is 5.91 Å². The monoisotopic (exact) mass is 282 g/mol. The van der Waals surface area contributed by atoms with E-state index in [9.17, 15) is 4.79 Å². The first-order valence-corrected chi connectivity index (χ1v) is 6.71. The lowest BCUT2D eigenvalue weighted by atomic mass is 10.0. The standard InChI is InChI=1S/C16H18N4O/c1-11-10-14(6-5-13(11)4-3-7-17)16(21)20-12(2)15-18-8-9-19-15/h5-6,8-10,12H,7,17H2,1-2H3,(H,18,19)(H,20,21). The summed E-state index contributed by atoms with van der Waals surface area (Å²) in [7, 11) is 0. The quantitative estimate of drug-likeness (QED) is 0.746. The fourth-order valence-electron chi connectivity index (χ4n) is 1.95. The zero-order valence-electron chi connectivity index (χ0n) is 12.1. The molecule has 0 bridgehead atoms. The van der Waals surface area contributed by atoms with E-state index in [0.29, 0.717) is 12.1 Å². The highest BCUT2D eigenvalue weighted by Crippen LogP contribution is 2.12. The molecule has 0 saturated carbocycles. The van der Waals surface area contributed by atoms with E-state index in [2.05, 4.69) is 27.1 Å². The Morgan fingerprint density at radius 2 is 2.33 bits per heavy atom. The number of H-pyrrole nitrogens is 1. The number of nitrogens with zero attached hydrogens (tertiary/aromatic N) is 1. The Morgan fingerprint density at radius 3 is 2.95 bits per heavy atom. The molecule has 0 fully saturated rings. The number of carbonyl (C=O) groups is 1. The third-order valence-electron chi connectivity index (χ3n) is 3.09. The molecule has 5 heteroatoms. The molecule has 5 nitrogen and oxygen atoms in total. The summed E-state index contributed by atoms with van der Waals surface area (Å²) < 4.78 is 0. The number of aromatic amines is 1. The minimum atomic E-state index is -0.176. The minimum Gasteiger partial charge on any atom is -0.347 e. The molecule has 0 radical (unpaired) electrons. The molecular formula is C16H18N4O. The number of amides is 1. The zero-order valence-corrected chi connectivity index (χ0v) is 12.1. The maximum atomic E-state index is 12.2. The van der Waals surface area contributed by atoms with Crippen molar-refractivity contribution < 1.29 is 4.79 Å². The van der Waals surface area contributed by atoms with Crippen molar-refractivity contribution in [1.82, 2.24) is 15.3 Å². The van der Waals surface area contributed by atoms with Crippen molar-refractivity contribution in [2.75, 3.05) is 6.54 Å². The summed E-state index contributed by atoms with van der Waals surface area (Å²) in [5, 5.41) is 2.90. The van der Waals surface area contributed by atoms with Crippen LogP contribution in [0.4, 0.5) is 0 Å². The third kappa shape index (κ3) is 3.71. The van der Waals surface area contributed by atoms with E-state index in [4.69, 9.17) is 5.73 Å². The Bertz CT molecular complexity index is 680. The van der Waals surface area contributed by atoms with Gasteiger partial charge in [0.1, 0.15) is 5.82 Å². The molecule has 1 atom stereocenters. The van der Waals surface area contributed by atoms with E-state index in [1.54, 1.807) is 18.5 Å². The van der Waals surface area contributed by atoms with E-state index in [-0.39, 0.29) is 11.9 Å². The molecular weight excluding hydrogens is 264 g/mol. The molecule has 1 aromatic carbocycles. The number of rotatable bonds is 3. The second-order valence-corrected chi connectivity index (χ2v) is 4.71. The summed E-state index contributed by atoms with van der Waals surface area (Å²) in [6.07, 6.45) is 3.39. The number of carbonyl (C=O) groups excluding carboxylic acids is 1. The molecule has 1 amide bonds. The predicted octanol–water partition coefficient (Wildman–Crippen LogP) is 1.52. The van der Waals surface area contributed by atoms with Gasteiger partial charge in [-0.1, -0.05) is 11.8 Å². The average Bonchev–Trinajstić information content (AvgIpc) is 3.00. The molecule has 0 spiro atoms. The maximum Gasteiger partial charge on any atom is 0.251 e. The molecule has 0 aliphatic carbocycles. The van der Waals surface area contributed by atoms with Crippen LogP contribution in [0.1, 0.15) is 40.3 Å². The number of benzene rings is 1. The van der Waals surface area contributed by atoms with E-state index in [1.165, 1.54) is 0 Å². The van der Waals surface area contributed by atoms with E-state index < -0.39 is 0 Å². The van der Waals surface area contributed by atoms with Crippen molar-refractivity contribution in [1.29, 1.82) is 0 Å². The van der Waals surface area contributed by atoms with Crippen molar-refractivity contribution in [3.63, 3.8) is 0 Å². The van der Waals surface area contributed by atoms with Crippen LogP contribution in [-0.2, 0) is 0 Å². The topological polar surface area (TPSA) is 83.8 Å². The van der Waals surface area contributed by atoms with Crippen molar-refractivity contribution in [2.45, 2.75) is 19.9 Å². The van der Waals surface area contributed by atoms with Gasteiger partial charge in [-0.25, -0.2) is 4.98 Å². The van der Waals surface area contributed by atoms with Gasteiger partial charge in [0.05, 0.1) is 12.6 Å². The largest absolute Gasteiger partial charge is 0.347 e. The molecule has 2 aromatic rings. The van der Waals surface area contributed by atoms with Crippen LogP contribution in [0.2, 0.25) is 0 Å². The van der Waals surface area contributed by atoms with E-state index >= 15 is 0 Å². The van der Waals surface area contributed by atoms with Gasteiger partial charge >= 0.3 is 0 Å². The Labute approximate surface area is 124 Å². The van der Waals surface area contributed by atoms with Crippen LogP contribution in [0.3, 0.4) is 0 Å². The average molecular weight is 282 g/mol. The van der Waals surface area contributed by atoms with Crippen molar-refractivity contribution >= 4 is 5.91 Å². The van der Waals surface area contributed by atoms with Gasteiger partial charge in [0.15, 0.2) is 0 Å². The summed E-state index contributed by atoms with van der Waals surface area (Å²) in [6.45, 7) is 4.13. The first-order valence-electron chi connectivity index (χ1n) is 6.71. The molecule has 108 valence electrons.